The van der Waals surface area contributed by atoms with Crippen LogP contribution in [0.25, 0.3) is 11.0 Å². The lowest BCUT2D eigenvalue weighted by Gasteiger charge is -2.05. The highest BCUT2D eigenvalue weighted by Gasteiger charge is 2.18. The van der Waals surface area contributed by atoms with Gasteiger partial charge in [0.25, 0.3) is 0 Å². The van der Waals surface area contributed by atoms with Gasteiger partial charge in [0.2, 0.25) is 0 Å². The first-order chi connectivity index (χ1) is 14.4. The molecular weight excluding hydrogens is 409 g/mol. The van der Waals surface area contributed by atoms with E-state index in [1.807, 2.05) is 0 Å². The van der Waals surface area contributed by atoms with E-state index in [1.165, 1.54) is 36.4 Å². The van der Waals surface area contributed by atoms with Crippen molar-refractivity contribution in [2.75, 3.05) is 0 Å². The number of ether oxygens (including phenoxy) is 2. The van der Waals surface area contributed by atoms with Crippen LogP contribution in [0.4, 0.5) is 4.39 Å². The predicted octanol–water partition coefficient (Wildman–Crippen LogP) is 4.80. The van der Waals surface area contributed by atoms with E-state index in [0.717, 1.165) is 22.3 Å². The molecule has 30 heavy (non-hydrogen) atoms. The zero-order chi connectivity index (χ0) is 21.3. The molecule has 0 N–H and O–H groups in total. The van der Waals surface area contributed by atoms with Gasteiger partial charge >= 0.3 is 11.6 Å². The Kier molecular flexibility index (Phi) is 5.33. The van der Waals surface area contributed by atoms with Crippen molar-refractivity contribution in [3.8, 4) is 11.5 Å². The maximum Gasteiger partial charge on any atom is 0.355 e. The Balaban J connectivity index is 1.49. The number of hydrogen-bond donors (Lipinski definition) is 0. The average Bonchev–Trinajstić information content (AvgIpc) is 3.08. The quantitative estimate of drug-likeness (QED) is 0.260. The van der Waals surface area contributed by atoms with E-state index in [9.17, 15) is 14.0 Å². The van der Waals surface area contributed by atoms with E-state index >= 15 is 0 Å². The van der Waals surface area contributed by atoms with Gasteiger partial charge in [0.15, 0.2) is 0 Å². The smallest absolute Gasteiger partial charge is 0.355 e. The number of carbonyl (C=O) groups excluding carboxylic acids is 1. The molecule has 0 aliphatic carbocycles. The Hall–Kier alpha value is -3.52. The zero-order valence-corrected chi connectivity index (χ0v) is 16.9. The monoisotopic (exact) mass is 425 g/mol. The Morgan fingerprint density at radius 3 is 2.60 bits per heavy atom. The van der Waals surface area contributed by atoms with Crippen LogP contribution in [-0.2, 0) is 6.61 Å². The van der Waals surface area contributed by atoms with Crippen molar-refractivity contribution in [2.45, 2.75) is 20.5 Å². The molecule has 0 saturated heterocycles. The summed E-state index contributed by atoms with van der Waals surface area (Å²) in [5.74, 6) is -0.146. The third-order valence-corrected chi connectivity index (χ3v) is 5.45. The summed E-state index contributed by atoms with van der Waals surface area (Å²) in [7, 11) is 0. The van der Waals surface area contributed by atoms with E-state index in [-0.39, 0.29) is 18.2 Å². The van der Waals surface area contributed by atoms with Crippen molar-refractivity contribution in [3.05, 3.63) is 85.9 Å². The van der Waals surface area contributed by atoms with Crippen LogP contribution >= 0.6 is 11.3 Å². The van der Waals surface area contributed by atoms with Gasteiger partial charge in [-0.2, -0.15) is 0 Å². The number of thiazole rings is 1. The second-order valence-electron chi connectivity index (χ2n) is 6.56. The number of carbonyl (C=O) groups is 1. The van der Waals surface area contributed by atoms with Crippen LogP contribution in [0.15, 0.2) is 57.7 Å². The topological polar surface area (TPSA) is 78.6 Å². The number of rotatable bonds is 5. The van der Waals surface area contributed by atoms with Gasteiger partial charge in [0.05, 0.1) is 5.69 Å². The van der Waals surface area contributed by atoms with Crippen LogP contribution in [0, 0.1) is 19.7 Å². The molecular formula is C22H16FNO5S. The molecule has 0 radical (unpaired) electrons. The van der Waals surface area contributed by atoms with Gasteiger partial charge in [-0.05, 0) is 55.8 Å². The van der Waals surface area contributed by atoms with Crippen LogP contribution < -0.4 is 15.1 Å². The van der Waals surface area contributed by atoms with E-state index in [0.29, 0.717) is 26.9 Å². The van der Waals surface area contributed by atoms with Crippen molar-refractivity contribution in [1.29, 1.82) is 0 Å². The minimum atomic E-state index is -0.563. The summed E-state index contributed by atoms with van der Waals surface area (Å²) >= 11 is 1.16. The first kappa shape index (κ1) is 19.8. The maximum atomic E-state index is 13.0. The first-order valence-electron chi connectivity index (χ1n) is 9.00. The summed E-state index contributed by atoms with van der Waals surface area (Å²) < 4.78 is 29.2. The fourth-order valence-electron chi connectivity index (χ4n) is 2.90. The lowest BCUT2D eigenvalue weighted by molar-refractivity contribution is 0.0739. The Labute approximate surface area is 174 Å². The van der Waals surface area contributed by atoms with Gasteiger partial charge in [-0.25, -0.2) is 19.0 Å². The predicted molar refractivity (Wildman–Crippen MR) is 110 cm³/mol. The summed E-state index contributed by atoms with van der Waals surface area (Å²) in [6.07, 6.45) is 0. The largest absolute Gasteiger partial charge is 0.486 e. The van der Waals surface area contributed by atoms with Gasteiger partial charge in [-0.15, -0.1) is 11.3 Å². The van der Waals surface area contributed by atoms with Crippen molar-refractivity contribution >= 4 is 28.3 Å². The molecule has 0 saturated carbocycles. The summed E-state index contributed by atoms with van der Waals surface area (Å²) in [6.45, 7) is 3.66. The zero-order valence-electron chi connectivity index (χ0n) is 16.1. The lowest BCUT2D eigenvalue weighted by atomic mass is 10.1. The SMILES string of the molecule is Cc1nc(COc2ccc(F)cc2)sc1C(=O)Oc1ccc2c(C)cc(=O)oc2c1. The molecule has 0 aliphatic heterocycles. The molecule has 2 aromatic carbocycles. The minimum absolute atomic E-state index is 0.144. The van der Waals surface area contributed by atoms with E-state index in [1.54, 1.807) is 26.0 Å². The van der Waals surface area contributed by atoms with Crippen LogP contribution in [0.5, 0.6) is 11.5 Å². The molecule has 2 aromatic heterocycles. The van der Waals surface area contributed by atoms with Crippen molar-refractivity contribution in [1.82, 2.24) is 4.98 Å². The van der Waals surface area contributed by atoms with Gasteiger partial charge in [-0.3, -0.25) is 0 Å². The highest BCUT2D eigenvalue weighted by molar-refractivity contribution is 7.13. The number of nitrogens with zero attached hydrogens (tertiary/aromatic N) is 1. The minimum Gasteiger partial charge on any atom is -0.486 e. The van der Waals surface area contributed by atoms with Gasteiger partial charge in [0, 0.05) is 17.5 Å². The number of aromatic nitrogens is 1. The Morgan fingerprint density at radius 1 is 1.10 bits per heavy atom. The summed E-state index contributed by atoms with van der Waals surface area (Å²) in [5, 5.41) is 1.35. The van der Waals surface area contributed by atoms with E-state index in [4.69, 9.17) is 13.9 Å². The normalized spacial score (nSPS) is 10.9. The molecule has 0 fully saturated rings. The third-order valence-electron chi connectivity index (χ3n) is 4.34. The molecule has 0 amide bonds. The third kappa shape index (κ3) is 4.23. The number of halogens is 1. The first-order valence-corrected chi connectivity index (χ1v) is 9.82. The molecule has 8 heteroatoms. The molecule has 4 rings (SSSR count). The molecule has 4 aromatic rings. The Morgan fingerprint density at radius 2 is 1.83 bits per heavy atom. The number of esters is 1. The summed E-state index contributed by atoms with van der Waals surface area (Å²) in [4.78, 5) is 28.9. The van der Waals surface area contributed by atoms with Gasteiger partial charge < -0.3 is 13.9 Å². The molecule has 152 valence electrons. The molecule has 2 heterocycles. The molecule has 0 bridgehead atoms. The number of hydrogen-bond acceptors (Lipinski definition) is 7. The molecule has 0 unspecified atom stereocenters. The Bertz CT molecular complexity index is 1290. The average molecular weight is 425 g/mol. The number of aryl methyl sites for hydroxylation is 2. The second-order valence-corrected chi connectivity index (χ2v) is 7.64. The van der Waals surface area contributed by atoms with Crippen LogP contribution in [0.3, 0.4) is 0 Å². The summed E-state index contributed by atoms with van der Waals surface area (Å²) in [6, 6.07) is 11.9. The maximum absolute atomic E-state index is 13.0. The fraction of sp³-hybridized carbons (Fsp3) is 0.136. The molecule has 0 atom stereocenters. The fourth-order valence-corrected chi connectivity index (χ4v) is 3.76. The van der Waals surface area contributed by atoms with E-state index in [2.05, 4.69) is 4.98 Å². The van der Waals surface area contributed by atoms with Crippen molar-refractivity contribution in [3.63, 3.8) is 0 Å². The molecule has 0 spiro atoms. The van der Waals surface area contributed by atoms with E-state index < -0.39 is 11.6 Å². The van der Waals surface area contributed by atoms with Crippen LogP contribution in [0.1, 0.15) is 25.9 Å². The lowest BCUT2D eigenvalue weighted by Crippen LogP contribution is -2.08. The van der Waals surface area contributed by atoms with Crippen LogP contribution in [0.2, 0.25) is 0 Å². The number of fused-ring (bicyclic) bond motifs is 1. The van der Waals surface area contributed by atoms with Crippen LogP contribution in [-0.4, -0.2) is 11.0 Å². The van der Waals surface area contributed by atoms with Gasteiger partial charge in [0.1, 0.15) is 39.4 Å². The molecule has 0 aliphatic rings. The molecule has 6 nitrogen and oxygen atoms in total. The van der Waals surface area contributed by atoms with Gasteiger partial charge in [-0.1, -0.05) is 0 Å². The van der Waals surface area contributed by atoms with Crippen molar-refractivity contribution < 1.29 is 23.1 Å². The standard InChI is InChI=1S/C22H16FNO5S/c1-12-9-20(25)29-18-10-16(7-8-17(12)18)28-22(26)21-13(2)24-19(30-21)11-27-15-5-3-14(23)4-6-15/h3-10H,11H2,1-2H3. The number of benzene rings is 2. The highest BCUT2D eigenvalue weighted by atomic mass is 32.1. The summed E-state index contributed by atoms with van der Waals surface area (Å²) in [5.41, 5.74) is 1.18. The van der Waals surface area contributed by atoms with Crippen molar-refractivity contribution in [2.24, 2.45) is 0 Å². The second kappa shape index (κ2) is 8.08. The highest BCUT2D eigenvalue weighted by Crippen LogP contribution is 2.25.